The number of carbonyl (C=O) groups excluding carboxylic acids is 2. The predicted molar refractivity (Wildman–Crippen MR) is 102 cm³/mol. The molecule has 1 amide bonds. The molecule has 7 nitrogen and oxygen atoms in total. The molecule has 1 saturated heterocycles. The Kier molecular flexibility index (Phi) is 7.64. The van der Waals surface area contributed by atoms with Crippen molar-refractivity contribution < 1.29 is 22.7 Å². The molecule has 2 rings (SSSR count). The van der Waals surface area contributed by atoms with Crippen molar-refractivity contribution in [3.8, 4) is 0 Å². The van der Waals surface area contributed by atoms with Gasteiger partial charge in [0.05, 0.1) is 10.6 Å². The second-order valence-electron chi connectivity index (χ2n) is 6.76. The first kappa shape index (κ1) is 21.7. The Morgan fingerprint density at radius 2 is 1.81 bits per heavy atom. The first-order valence-corrected chi connectivity index (χ1v) is 10.8. The maximum atomic E-state index is 12.9. The molecule has 1 heterocycles. The third-order valence-electron chi connectivity index (χ3n) is 4.13. The van der Waals surface area contributed by atoms with Gasteiger partial charge in [0.2, 0.25) is 10.0 Å². The second-order valence-corrected chi connectivity index (χ2v) is 9.08. The SMILES string of the molecule is CC(C)NC(=O)COC(=O)c1ccc(Cl)c(S(=O)(=O)N2CCCCCC2)c1. The van der Waals surface area contributed by atoms with E-state index in [0.717, 1.165) is 25.7 Å². The topological polar surface area (TPSA) is 92.8 Å². The first-order valence-electron chi connectivity index (χ1n) is 8.98. The fourth-order valence-corrected chi connectivity index (χ4v) is 4.84. The number of rotatable bonds is 6. The standard InChI is InChI=1S/C18H25ClN2O5S/c1-13(2)20-17(22)12-26-18(23)14-7-8-15(19)16(11-14)27(24,25)21-9-5-3-4-6-10-21/h7-8,11,13H,3-6,9-10,12H2,1-2H3,(H,20,22). The van der Waals surface area contributed by atoms with Crippen molar-refractivity contribution in [1.29, 1.82) is 0 Å². The van der Waals surface area contributed by atoms with E-state index in [-0.39, 0.29) is 21.5 Å². The van der Waals surface area contributed by atoms with E-state index in [9.17, 15) is 18.0 Å². The third-order valence-corrected chi connectivity index (χ3v) is 6.51. The maximum Gasteiger partial charge on any atom is 0.338 e. The smallest absolute Gasteiger partial charge is 0.338 e. The summed E-state index contributed by atoms with van der Waals surface area (Å²) in [7, 11) is -3.80. The van der Waals surface area contributed by atoms with Gasteiger partial charge in [-0.3, -0.25) is 4.79 Å². The molecule has 0 bridgehead atoms. The molecule has 0 unspecified atom stereocenters. The van der Waals surface area contributed by atoms with Crippen LogP contribution >= 0.6 is 11.6 Å². The van der Waals surface area contributed by atoms with Crippen LogP contribution in [0.3, 0.4) is 0 Å². The van der Waals surface area contributed by atoms with Crippen LogP contribution in [-0.2, 0) is 19.6 Å². The van der Waals surface area contributed by atoms with Crippen LogP contribution in [0.1, 0.15) is 49.9 Å². The average Bonchev–Trinajstić information content (AvgIpc) is 2.89. The molecule has 150 valence electrons. The molecule has 0 saturated carbocycles. The number of sulfonamides is 1. The molecule has 1 fully saturated rings. The second kappa shape index (κ2) is 9.52. The quantitative estimate of drug-likeness (QED) is 0.719. The normalized spacial score (nSPS) is 16.0. The Morgan fingerprint density at radius 1 is 1.19 bits per heavy atom. The zero-order valence-electron chi connectivity index (χ0n) is 15.5. The van der Waals surface area contributed by atoms with Gasteiger partial charge in [0.25, 0.3) is 5.91 Å². The van der Waals surface area contributed by atoms with Gasteiger partial charge < -0.3 is 10.1 Å². The molecule has 1 aromatic rings. The van der Waals surface area contributed by atoms with Crippen LogP contribution in [0.25, 0.3) is 0 Å². The summed E-state index contributed by atoms with van der Waals surface area (Å²) in [5, 5.41) is 2.65. The van der Waals surface area contributed by atoms with E-state index in [2.05, 4.69) is 5.32 Å². The molecular weight excluding hydrogens is 392 g/mol. The average molecular weight is 417 g/mol. The Morgan fingerprint density at radius 3 is 2.41 bits per heavy atom. The number of amides is 1. The van der Waals surface area contributed by atoms with E-state index < -0.39 is 28.5 Å². The van der Waals surface area contributed by atoms with E-state index in [1.807, 2.05) is 0 Å². The van der Waals surface area contributed by atoms with Crippen LogP contribution in [0.2, 0.25) is 5.02 Å². The lowest BCUT2D eigenvalue weighted by Crippen LogP contribution is -2.34. The van der Waals surface area contributed by atoms with Crippen LogP contribution in [0, 0.1) is 0 Å². The number of hydrogen-bond acceptors (Lipinski definition) is 5. The van der Waals surface area contributed by atoms with Crippen molar-refractivity contribution in [2.45, 2.75) is 50.5 Å². The summed E-state index contributed by atoms with van der Waals surface area (Å²) in [6.07, 6.45) is 3.57. The molecule has 0 spiro atoms. The maximum absolute atomic E-state index is 12.9. The number of carbonyl (C=O) groups is 2. The first-order chi connectivity index (χ1) is 12.7. The van der Waals surface area contributed by atoms with Gasteiger partial charge >= 0.3 is 5.97 Å². The van der Waals surface area contributed by atoms with Crippen LogP contribution in [0.15, 0.2) is 23.1 Å². The van der Waals surface area contributed by atoms with Gasteiger partial charge in [0.15, 0.2) is 6.61 Å². The number of hydrogen-bond donors (Lipinski definition) is 1. The minimum absolute atomic E-state index is 0.0325. The molecule has 1 aliphatic heterocycles. The molecule has 1 N–H and O–H groups in total. The summed E-state index contributed by atoms with van der Waals surface area (Å²) in [5.74, 6) is -1.21. The minimum atomic E-state index is -3.80. The van der Waals surface area contributed by atoms with E-state index in [1.54, 1.807) is 13.8 Å². The van der Waals surface area contributed by atoms with Gasteiger partial charge in [0, 0.05) is 19.1 Å². The fraction of sp³-hybridized carbons (Fsp3) is 0.556. The molecule has 1 aromatic carbocycles. The zero-order valence-corrected chi connectivity index (χ0v) is 17.1. The lowest BCUT2D eigenvalue weighted by molar-refractivity contribution is -0.124. The summed E-state index contributed by atoms with van der Waals surface area (Å²) in [6.45, 7) is 4.01. The van der Waals surface area contributed by atoms with Crippen molar-refractivity contribution in [3.63, 3.8) is 0 Å². The van der Waals surface area contributed by atoms with Gasteiger partial charge in [0.1, 0.15) is 4.90 Å². The van der Waals surface area contributed by atoms with Gasteiger partial charge in [-0.2, -0.15) is 4.31 Å². The summed E-state index contributed by atoms with van der Waals surface area (Å²) < 4.78 is 32.3. The Bertz CT molecular complexity index is 787. The van der Waals surface area contributed by atoms with E-state index in [1.165, 1.54) is 22.5 Å². The van der Waals surface area contributed by atoms with Crippen molar-refractivity contribution in [1.82, 2.24) is 9.62 Å². The highest BCUT2D eigenvalue weighted by Gasteiger charge is 2.28. The molecule has 0 aliphatic carbocycles. The Hall–Kier alpha value is -1.64. The summed E-state index contributed by atoms with van der Waals surface area (Å²) in [6, 6.07) is 3.88. The molecule has 1 aliphatic rings. The molecule has 9 heteroatoms. The number of halogens is 1. The number of esters is 1. The third kappa shape index (κ3) is 5.92. The van der Waals surface area contributed by atoms with Crippen molar-refractivity contribution in [3.05, 3.63) is 28.8 Å². The van der Waals surface area contributed by atoms with E-state index in [4.69, 9.17) is 16.3 Å². The van der Waals surface area contributed by atoms with Crippen molar-refractivity contribution in [2.24, 2.45) is 0 Å². The predicted octanol–water partition coefficient (Wildman–Crippen LogP) is 2.59. The Labute approximate surface area is 165 Å². The highest BCUT2D eigenvalue weighted by atomic mass is 35.5. The van der Waals surface area contributed by atoms with E-state index in [0.29, 0.717) is 13.1 Å². The summed E-state index contributed by atoms with van der Waals surface area (Å²) in [5.41, 5.74) is 0.0325. The monoisotopic (exact) mass is 416 g/mol. The summed E-state index contributed by atoms with van der Waals surface area (Å²) in [4.78, 5) is 23.7. The van der Waals surface area contributed by atoms with Gasteiger partial charge in [-0.15, -0.1) is 0 Å². The largest absolute Gasteiger partial charge is 0.452 e. The lowest BCUT2D eigenvalue weighted by atomic mass is 10.2. The highest BCUT2D eigenvalue weighted by molar-refractivity contribution is 7.89. The number of benzene rings is 1. The van der Waals surface area contributed by atoms with Crippen LogP contribution in [0.5, 0.6) is 0 Å². The highest BCUT2D eigenvalue weighted by Crippen LogP contribution is 2.27. The van der Waals surface area contributed by atoms with Crippen LogP contribution in [0.4, 0.5) is 0 Å². The number of nitrogens with one attached hydrogen (secondary N) is 1. The summed E-state index contributed by atoms with van der Waals surface area (Å²) >= 11 is 6.11. The van der Waals surface area contributed by atoms with Crippen molar-refractivity contribution >= 4 is 33.5 Å². The minimum Gasteiger partial charge on any atom is -0.452 e. The number of nitrogens with zero attached hydrogens (tertiary/aromatic N) is 1. The van der Waals surface area contributed by atoms with Gasteiger partial charge in [-0.25, -0.2) is 13.2 Å². The Balaban J connectivity index is 2.17. The van der Waals surface area contributed by atoms with Crippen LogP contribution < -0.4 is 5.32 Å². The molecule has 27 heavy (non-hydrogen) atoms. The van der Waals surface area contributed by atoms with Crippen LogP contribution in [-0.4, -0.2) is 50.3 Å². The lowest BCUT2D eigenvalue weighted by Gasteiger charge is -2.21. The van der Waals surface area contributed by atoms with Crippen molar-refractivity contribution in [2.75, 3.05) is 19.7 Å². The fourth-order valence-electron chi connectivity index (χ4n) is 2.83. The molecule has 0 atom stereocenters. The van der Waals surface area contributed by atoms with Gasteiger partial charge in [-0.05, 0) is 44.9 Å². The number of ether oxygens (including phenoxy) is 1. The van der Waals surface area contributed by atoms with Gasteiger partial charge in [-0.1, -0.05) is 24.4 Å². The van der Waals surface area contributed by atoms with E-state index >= 15 is 0 Å². The molecule has 0 aromatic heterocycles. The molecular formula is C18H25ClN2O5S. The molecule has 0 radical (unpaired) electrons. The zero-order chi connectivity index (χ0) is 20.0.